The summed E-state index contributed by atoms with van der Waals surface area (Å²) >= 11 is 0. The number of ether oxygens (including phenoxy) is 3. The molecule has 0 radical (unpaired) electrons. The third kappa shape index (κ3) is 3.80. The predicted octanol–water partition coefficient (Wildman–Crippen LogP) is 3.52. The molecule has 0 aliphatic carbocycles. The molecule has 2 N–H and O–H groups in total. The number of fused-ring (bicyclic) bond motifs is 1. The molecule has 142 valence electrons. The van der Waals surface area contributed by atoms with E-state index in [-0.39, 0.29) is 0 Å². The summed E-state index contributed by atoms with van der Waals surface area (Å²) in [6.07, 6.45) is 1.62. The molecule has 1 aliphatic heterocycles. The Morgan fingerprint density at radius 2 is 1.86 bits per heavy atom. The van der Waals surface area contributed by atoms with Crippen molar-refractivity contribution in [3.63, 3.8) is 0 Å². The SMILES string of the molecule is COC(=O)c1ccccc1Nc1ccnc(Nc2ccc3c(c2)OCCO3)n1. The Kier molecular flexibility index (Phi) is 4.92. The van der Waals surface area contributed by atoms with E-state index in [1.807, 2.05) is 24.3 Å². The van der Waals surface area contributed by atoms with Crippen LogP contribution in [0, 0.1) is 0 Å². The molecule has 4 rings (SSSR count). The lowest BCUT2D eigenvalue weighted by atomic mass is 10.2. The quantitative estimate of drug-likeness (QED) is 0.651. The van der Waals surface area contributed by atoms with E-state index in [1.165, 1.54) is 7.11 Å². The molecule has 0 atom stereocenters. The number of nitrogens with one attached hydrogen (secondary N) is 2. The van der Waals surface area contributed by atoms with Crippen LogP contribution in [0.1, 0.15) is 10.4 Å². The molecule has 3 aromatic rings. The maximum atomic E-state index is 11.9. The van der Waals surface area contributed by atoms with Gasteiger partial charge in [-0.1, -0.05) is 12.1 Å². The van der Waals surface area contributed by atoms with Crippen LogP contribution < -0.4 is 20.1 Å². The van der Waals surface area contributed by atoms with Gasteiger partial charge in [0, 0.05) is 18.0 Å². The fourth-order valence-electron chi connectivity index (χ4n) is 2.76. The van der Waals surface area contributed by atoms with Crippen molar-refractivity contribution in [3.8, 4) is 11.5 Å². The number of nitrogens with zero attached hydrogens (tertiary/aromatic N) is 2. The van der Waals surface area contributed by atoms with Gasteiger partial charge in [0.05, 0.1) is 18.4 Å². The van der Waals surface area contributed by atoms with Crippen molar-refractivity contribution in [2.75, 3.05) is 31.0 Å². The monoisotopic (exact) mass is 378 g/mol. The van der Waals surface area contributed by atoms with Crippen LogP contribution in [0.2, 0.25) is 0 Å². The summed E-state index contributed by atoms with van der Waals surface area (Å²) in [7, 11) is 1.35. The fraction of sp³-hybridized carbons (Fsp3) is 0.150. The Morgan fingerprint density at radius 1 is 1.04 bits per heavy atom. The number of para-hydroxylation sites is 1. The minimum Gasteiger partial charge on any atom is -0.486 e. The van der Waals surface area contributed by atoms with Gasteiger partial charge < -0.3 is 24.8 Å². The lowest BCUT2D eigenvalue weighted by Gasteiger charge is -2.19. The molecule has 0 saturated carbocycles. The molecule has 0 amide bonds. The van der Waals surface area contributed by atoms with Gasteiger partial charge in [-0.15, -0.1) is 0 Å². The maximum absolute atomic E-state index is 11.9. The summed E-state index contributed by atoms with van der Waals surface area (Å²) in [5, 5.41) is 6.27. The second-order valence-corrected chi connectivity index (χ2v) is 5.91. The summed E-state index contributed by atoms with van der Waals surface area (Å²) < 4.78 is 15.9. The second kappa shape index (κ2) is 7.83. The van der Waals surface area contributed by atoms with Gasteiger partial charge in [0.25, 0.3) is 0 Å². The molecule has 1 aliphatic rings. The molecule has 2 aromatic carbocycles. The average Bonchev–Trinajstić information content (AvgIpc) is 2.74. The van der Waals surface area contributed by atoms with E-state index >= 15 is 0 Å². The van der Waals surface area contributed by atoms with Gasteiger partial charge in [0.15, 0.2) is 11.5 Å². The van der Waals surface area contributed by atoms with Crippen LogP contribution in [-0.2, 0) is 4.74 Å². The Hall–Kier alpha value is -3.81. The first-order valence-electron chi connectivity index (χ1n) is 8.67. The number of carbonyl (C=O) groups is 1. The first-order valence-corrected chi connectivity index (χ1v) is 8.67. The number of carbonyl (C=O) groups excluding carboxylic acids is 1. The topological polar surface area (TPSA) is 94.6 Å². The van der Waals surface area contributed by atoms with Crippen LogP contribution in [-0.4, -0.2) is 36.3 Å². The van der Waals surface area contributed by atoms with Gasteiger partial charge in [-0.05, 0) is 30.3 Å². The third-order valence-corrected chi connectivity index (χ3v) is 4.05. The van der Waals surface area contributed by atoms with Crippen LogP contribution in [0.3, 0.4) is 0 Å². The molecule has 0 saturated heterocycles. The van der Waals surface area contributed by atoms with Crippen LogP contribution in [0.25, 0.3) is 0 Å². The number of rotatable bonds is 5. The van der Waals surface area contributed by atoms with E-state index in [4.69, 9.17) is 14.2 Å². The van der Waals surface area contributed by atoms with Gasteiger partial charge in [-0.3, -0.25) is 0 Å². The first kappa shape index (κ1) is 17.6. The summed E-state index contributed by atoms with van der Waals surface area (Å²) in [6.45, 7) is 1.07. The van der Waals surface area contributed by atoms with E-state index < -0.39 is 5.97 Å². The third-order valence-electron chi connectivity index (χ3n) is 4.05. The van der Waals surface area contributed by atoms with E-state index in [9.17, 15) is 4.79 Å². The molecular formula is C20H18N4O4. The zero-order valence-electron chi connectivity index (χ0n) is 15.1. The number of hydrogen-bond donors (Lipinski definition) is 2. The minimum absolute atomic E-state index is 0.400. The van der Waals surface area contributed by atoms with Crippen LogP contribution in [0.15, 0.2) is 54.7 Å². The summed E-state index contributed by atoms with van der Waals surface area (Å²) in [5.41, 5.74) is 1.79. The summed E-state index contributed by atoms with van der Waals surface area (Å²) in [6, 6.07) is 14.3. The number of benzene rings is 2. The molecule has 2 heterocycles. The van der Waals surface area contributed by atoms with Gasteiger partial charge >= 0.3 is 5.97 Å². The van der Waals surface area contributed by atoms with Crippen molar-refractivity contribution < 1.29 is 19.0 Å². The number of anilines is 4. The molecule has 0 unspecified atom stereocenters. The molecule has 0 spiro atoms. The second-order valence-electron chi connectivity index (χ2n) is 5.91. The van der Waals surface area contributed by atoms with Crippen LogP contribution >= 0.6 is 0 Å². The van der Waals surface area contributed by atoms with E-state index in [0.717, 1.165) is 5.69 Å². The highest BCUT2D eigenvalue weighted by Crippen LogP contribution is 2.33. The predicted molar refractivity (Wildman–Crippen MR) is 104 cm³/mol. The van der Waals surface area contributed by atoms with Gasteiger partial charge in [-0.2, -0.15) is 4.98 Å². The number of hydrogen-bond acceptors (Lipinski definition) is 8. The van der Waals surface area contributed by atoms with Crippen molar-refractivity contribution in [3.05, 3.63) is 60.3 Å². The zero-order valence-corrected chi connectivity index (χ0v) is 15.1. The Balaban J connectivity index is 1.53. The maximum Gasteiger partial charge on any atom is 0.339 e. The van der Waals surface area contributed by atoms with Crippen molar-refractivity contribution in [1.82, 2.24) is 9.97 Å². The minimum atomic E-state index is -0.424. The highest BCUT2D eigenvalue weighted by Gasteiger charge is 2.13. The fourth-order valence-corrected chi connectivity index (χ4v) is 2.76. The number of methoxy groups -OCH3 is 1. The van der Waals surface area contributed by atoms with Gasteiger partial charge in [-0.25, -0.2) is 9.78 Å². The largest absolute Gasteiger partial charge is 0.486 e. The zero-order chi connectivity index (χ0) is 19.3. The normalized spacial score (nSPS) is 12.2. The molecule has 8 heteroatoms. The van der Waals surface area contributed by atoms with Crippen LogP contribution in [0.5, 0.6) is 11.5 Å². The van der Waals surface area contributed by atoms with Crippen molar-refractivity contribution >= 4 is 29.1 Å². The lowest BCUT2D eigenvalue weighted by molar-refractivity contribution is 0.0602. The summed E-state index contributed by atoms with van der Waals surface area (Å²) in [5.74, 6) is 1.90. The number of esters is 1. The average molecular weight is 378 g/mol. The van der Waals surface area contributed by atoms with Crippen molar-refractivity contribution in [2.24, 2.45) is 0 Å². The van der Waals surface area contributed by atoms with Crippen molar-refractivity contribution in [1.29, 1.82) is 0 Å². The van der Waals surface area contributed by atoms with E-state index in [1.54, 1.807) is 30.5 Å². The molecule has 0 bridgehead atoms. The molecule has 8 nitrogen and oxygen atoms in total. The Morgan fingerprint density at radius 3 is 2.71 bits per heavy atom. The van der Waals surface area contributed by atoms with Crippen LogP contribution in [0.4, 0.5) is 23.1 Å². The van der Waals surface area contributed by atoms with Gasteiger partial charge in [0.2, 0.25) is 5.95 Å². The highest BCUT2D eigenvalue weighted by atomic mass is 16.6. The highest BCUT2D eigenvalue weighted by molar-refractivity contribution is 5.96. The summed E-state index contributed by atoms with van der Waals surface area (Å²) in [4.78, 5) is 20.6. The van der Waals surface area contributed by atoms with Gasteiger partial charge in [0.1, 0.15) is 19.0 Å². The Bertz CT molecular complexity index is 1010. The number of aromatic nitrogens is 2. The smallest absolute Gasteiger partial charge is 0.339 e. The van der Waals surface area contributed by atoms with E-state index in [0.29, 0.717) is 47.7 Å². The first-order chi connectivity index (χ1) is 13.7. The molecule has 28 heavy (non-hydrogen) atoms. The molecule has 1 aromatic heterocycles. The molecule has 0 fully saturated rings. The Labute approximate surface area is 161 Å². The van der Waals surface area contributed by atoms with Crippen molar-refractivity contribution in [2.45, 2.75) is 0 Å². The van der Waals surface area contributed by atoms with E-state index in [2.05, 4.69) is 20.6 Å². The molecular weight excluding hydrogens is 360 g/mol. The lowest BCUT2D eigenvalue weighted by Crippen LogP contribution is -2.15. The standard InChI is InChI=1S/C20H18N4O4/c1-26-19(25)14-4-2-3-5-15(14)23-18-8-9-21-20(24-18)22-13-6-7-16-17(12-13)28-11-10-27-16/h2-9,12H,10-11H2,1H3,(H2,21,22,23,24).